The lowest BCUT2D eigenvalue weighted by molar-refractivity contribution is 0.327. The molecule has 0 aliphatic heterocycles. The van der Waals surface area contributed by atoms with Crippen molar-refractivity contribution in [2.24, 2.45) is 12.5 Å². The summed E-state index contributed by atoms with van der Waals surface area (Å²) < 4.78 is 2.11. The van der Waals surface area contributed by atoms with Crippen LogP contribution >= 0.6 is 0 Å². The Labute approximate surface area is 99.3 Å². The van der Waals surface area contributed by atoms with E-state index in [0.717, 1.165) is 18.8 Å². The lowest BCUT2D eigenvalue weighted by Gasteiger charge is -2.23. The maximum atomic E-state index is 4.44. The number of nitrogens with zero attached hydrogens (tertiary/aromatic N) is 2. The van der Waals surface area contributed by atoms with Crippen molar-refractivity contribution >= 4 is 0 Å². The van der Waals surface area contributed by atoms with Crippen molar-refractivity contribution in [3.63, 3.8) is 0 Å². The normalized spacial score (nSPS) is 14.1. The average Bonchev–Trinajstić information content (AvgIpc) is 2.57. The first kappa shape index (κ1) is 13.2. The molecule has 3 nitrogen and oxygen atoms in total. The van der Waals surface area contributed by atoms with Gasteiger partial charge in [-0.05, 0) is 24.8 Å². The fraction of sp³-hybridized carbons (Fsp3) is 0.769. The number of hydrogen-bond donors (Lipinski definition) is 1. The Morgan fingerprint density at radius 2 is 2.12 bits per heavy atom. The summed E-state index contributed by atoms with van der Waals surface area (Å²) in [7, 11) is 2.06. The van der Waals surface area contributed by atoms with Crippen LogP contribution in [0.15, 0.2) is 12.4 Å². The molecule has 0 saturated heterocycles. The molecule has 1 unspecified atom stereocenters. The van der Waals surface area contributed by atoms with E-state index in [4.69, 9.17) is 0 Å². The van der Waals surface area contributed by atoms with Gasteiger partial charge in [0.05, 0.1) is 6.04 Å². The number of nitrogens with one attached hydrogen (secondary N) is 1. The lowest BCUT2D eigenvalue weighted by Crippen LogP contribution is -2.25. The molecule has 0 aliphatic carbocycles. The summed E-state index contributed by atoms with van der Waals surface area (Å²) in [5.41, 5.74) is 0.388. The molecule has 3 heteroatoms. The number of aromatic nitrogens is 2. The first-order valence-corrected chi connectivity index (χ1v) is 6.14. The highest BCUT2D eigenvalue weighted by molar-refractivity contribution is 4.98. The Kier molecular flexibility index (Phi) is 4.54. The molecule has 0 saturated carbocycles. The minimum absolute atomic E-state index is 0.379. The number of rotatable bonds is 5. The van der Waals surface area contributed by atoms with E-state index in [9.17, 15) is 0 Å². The van der Waals surface area contributed by atoms with Crippen LogP contribution in [0.2, 0.25) is 0 Å². The second kappa shape index (κ2) is 5.48. The molecule has 0 aromatic carbocycles. The average molecular weight is 223 g/mol. The quantitative estimate of drug-likeness (QED) is 0.832. The van der Waals surface area contributed by atoms with Crippen LogP contribution in [-0.4, -0.2) is 16.1 Å². The number of aryl methyl sites for hydroxylation is 1. The highest BCUT2D eigenvalue weighted by Crippen LogP contribution is 2.26. The van der Waals surface area contributed by atoms with Crippen molar-refractivity contribution in [1.82, 2.24) is 14.9 Å². The minimum Gasteiger partial charge on any atom is -0.337 e. The Hall–Kier alpha value is -0.830. The predicted octanol–water partition coefficient (Wildman–Crippen LogP) is 2.90. The van der Waals surface area contributed by atoms with Crippen LogP contribution in [0, 0.1) is 5.41 Å². The molecule has 0 spiro atoms. The largest absolute Gasteiger partial charge is 0.337 e. The fourth-order valence-electron chi connectivity index (χ4n) is 1.86. The highest BCUT2D eigenvalue weighted by atomic mass is 15.1. The topological polar surface area (TPSA) is 29.9 Å². The third-order valence-electron chi connectivity index (χ3n) is 2.80. The van der Waals surface area contributed by atoms with Crippen LogP contribution in [0.25, 0.3) is 0 Å². The molecular formula is C13H25N3. The van der Waals surface area contributed by atoms with Crippen LogP contribution in [-0.2, 0) is 7.05 Å². The van der Waals surface area contributed by atoms with Gasteiger partial charge in [-0.2, -0.15) is 0 Å². The van der Waals surface area contributed by atoms with E-state index in [1.165, 1.54) is 6.42 Å². The van der Waals surface area contributed by atoms with Crippen LogP contribution in [0.3, 0.4) is 0 Å². The molecule has 1 N–H and O–H groups in total. The van der Waals surface area contributed by atoms with Gasteiger partial charge < -0.3 is 9.88 Å². The van der Waals surface area contributed by atoms with Crippen molar-refractivity contribution in [1.29, 1.82) is 0 Å². The van der Waals surface area contributed by atoms with Crippen molar-refractivity contribution in [3.8, 4) is 0 Å². The molecule has 1 aromatic heterocycles. The Morgan fingerprint density at radius 3 is 2.56 bits per heavy atom. The van der Waals surface area contributed by atoms with Gasteiger partial charge in [-0.1, -0.05) is 27.7 Å². The van der Waals surface area contributed by atoms with Crippen LogP contribution in [0.5, 0.6) is 0 Å². The van der Waals surface area contributed by atoms with Crippen molar-refractivity contribution in [3.05, 3.63) is 18.2 Å². The third kappa shape index (κ3) is 3.97. The Bertz CT molecular complexity index is 309. The van der Waals surface area contributed by atoms with Crippen molar-refractivity contribution in [2.75, 3.05) is 6.54 Å². The van der Waals surface area contributed by atoms with E-state index in [-0.39, 0.29) is 0 Å². The second-order valence-corrected chi connectivity index (χ2v) is 5.61. The molecule has 0 fully saturated rings. The van der Waals surface area contributed by atoms with E-state index < -0.39 is 0 Å². The smallest absolute Gasteiger partial charge is 0.125 e. The molecule has 1 heterocycles. The van der Waals surface area contributed by atoms with E-state index in [1.807, 2.05) is 12.4 Å². The zero-order chi connectivity index (χ0) is 12.2. The molecule has 0 bridgehead atoms. The number of imidazole rings is 1. The molecule has 16 heavy (non-hydrogen) atoms. The summed E-state index contributed by atoms with van der Waals surface area (Å²) >= 11 is 0. The standard InChI is InChI=1S/C13H25N3/c1-6-14-11(7-8-13(2,3)4)12-15-9-10-16(12)5/h9-11,14H,6-8H2,1-5H3. The molecule has 0 amide bonds. The van der Waals surface area contributed by atoms with Gasteiger partial charge in [0.25, 0.3) is 0 Å². The second-order valence-electron chi connectivity index (χ2n) is 5.61. The fourth-order valence-corrected chi connectivity index (χ4v) is 1.86. The Balaban J connectivity index is 2.65. The van der Waals surface area contributed by atoms with Gasteiger partial charge >= 0.3 is 0 Å². The lowest BCUT2D eigenvalue weighted by atomic mass is 9.88. The van der Waals surface area contributed by atoms with Crippen molar-refractivity contribution < 1.29 is 0 Å². The first-order valence-electron chi connectivity index (χ1n) is 6.14. The minimum atomic E-state index is 0.379. The Morgan fingerprint density at radius 1 is 1.44 bits per heavy atom. The van der Waals surface area contributed by atoms with E-state index in [1.54, 1.807) is 0 Å². The zero-order valence-electron chi connectivity index (χ0n) is 11.2. The maximum absolute atomic E-state index is 4.44. The summed E-state index contributed by atoms with van der Waals surface area (Å²) in [5, 5.41) is 3.52. The molecule has 92 valence electrons. The van der Waals surface area contributed by atoms with Gasteiger partial charge in [0.15, 0.2) is 0 Å². The van der Waals surface area contributed by atoms with E-state index in [2.05, 4.69) is 49.6 Å². The highest BCUT2D eigenvalue weighted by Gasteiger charge is 2.18. The molecule has 0 aliphatic rings. The monoisotopic (exact) mass is 223 g/mol. The number of hydrogen-bond acceptors (Lipinski definition) is 2. The van der Waals surface area contributed by atoms with Crippen LogP contribution < -0.4 is 5.32 Å². The third-order valence-corrected chi connectivity index (χ3v) is 2.80. The molecular weight excluding hydrogens is 198 g/mol. The molecule has 0 radical (unpaired) electrons. The molecule has 1 atom stereocenters. The van der Waals surface area contributed by atoms with E-state index >= 15 is 0 Å². The van der Waals surface area contributed by atoms with Gasteiger partial charge in [-0.25, -0.2) is 4.98 Å². The summed E-state index contributed by atoms with van der Waals surface area (Å²) in [6.45, 7) is 9.99. The van der Waals surface area contributed by atoms with Crippen LogP contribution in [0.1, 0.15) is 52.4 Å². The molecule has 1 rings (SSSR count). The molecule has 1 aromatic rings. The maximum Gasteiger partial charge on any atom is 0.125 e. The van der Waals surface area contributed by atoms with Crippen LogP contribution in [0.4, 0.5) is 0 Å². The van der Waals surface area contributed by atoms with Crippen molar-refractivity contribution in [2.45, 2.75) is 46.6 Å². The van der Waals surface area contributed by atoms with Gasteiger partial charge in [0.2, 0.25) is 0 Å². The van der Waals surface area contributed by atoms with Gasteiger partial charge in [0.1, 0.15) is 5.82 Å². The summed E-state index contributed by atoms with van der Waals surface area (Å²) in [6.07, 6.45) is 6.23. The summed E-state index contributed by atoms with van der Waals surface area (Å²) in [5.74, 6) is 1.14. The van der Waals surface area contributed by atoms with Gasteiger partial charge in [-0.3, -0.25) is 0 Å². The summed E-state index contributed by atoms with van der Waals surface area (Å²) in [4.78, 5) is 4.44. The van der Waals surface area contributed by atoms with Gasteiger partial charge in [0, 0.05) is 19.4 Å². The van der Waals surface area contributed by atoms with E-state index in [0.29, 0.717) is 11.5 Å². The van der Waals surface area contributed by atoms with Gasteiger partial charge in [-0.15, -0.1) is 0 Å². The SMILES string of the molecule is CCNC(CCC(C)(C)C)c1nccn1C. The summed E-state index contributed by atoms with van der Waals surface area (Å²) in [6, 6.07) is 0.379. The zero-order valence-corrected chi connectivity index (χ0v) is 11.2. The first-order chi connectivity index (χ1) is 7.44. The predicted molar refractivity (Wildman–Crippen MR) is 68.3 cm³/mol.